The van der Waals surface area contributed by atoms with Crippen LogP contribution in [0, 0.1) is 6.92 Å². The third kappa shape index (κ3) is 2.83. The molecule has 0 aromatic heterocycles. The van der Waals surface area contributed by atoms with E-state index >= 15 is 0 Å². The van der Waals surface area contributed by atoms with Crippen molar-refractivity contribution in [2.24, 2.45) is 0 Å². The van der Waals surface area contributed by atoms with Gasteiger partial charge in [0.2, 0.25) is 0 Å². The maximum atomic E-state index is 3.63. The van der Waals surface area contributed by atoms with Crippen molar-refractivity contribution in [1.29, 1.82) is 0 Å². The predicted molar refractivity (Wildman–Crippen MR) is 77.8 cm³/mol. The van der Waals surface area contributed by atoms with E-state index in [2.05, 4.69) is 65.1 Å². The summed E-state index contributed by atoms with van der Waals surface area (Å²) in [6, 6.07) is 6.53. The number of nitrogens with zero attached hydrogens (tertiary/aromatic N) is 1. The van der Waals surface area contributed by atoms with Gasteiger partial charge in [-0.15, -0.1) is 0 Å². The molecule has 0 spiro atoms. The van der Waals surface area contributed by atoms with Gasteiger partial charge in [-0.25, -0.2) is 0 Å². The van der Waals surface area contributed by atoms with Gasteiger partial charge < -0.3 is 10.2 Å². The van der Waals surface area contributed by atoms with Crippen LogP contribution in [0.3, 0.4) is 0 Å². The molecule has 1 aliphatic heterocycles. The lowest BCUT2D eigenvalue weighted by atomic mass is 9.95. The van der Waals surface area contributed by atoms with Crippen LogP contribution in [0.2, 0.25) is 0 Å². The van der Waals surface area contributed by atoms with Crippen LogP contribution in [0.5, 0.6) is 0 Å². The summed E-state index contributed by atoms with van der Waals surface area (Å²) in [4.78, 5) is 2.50. The second-order valence-electron chi connectivity index (χ2n) is 5.19. The Labute approximate surface area is 113 Å². The summed E-state index contributed by atoms with van der Waals surface area (Å²) in [6.07, 6.45) is 1.16. The molecule has 1 N–H and O–H groups in total. The van der Waals surface area contributed by atoms with Crippen LogP contribution in [0.25, 0.3) is 0 Å². The molecule has 1 saturated heterocycles. The quantitative estimate of drug-likeness (QED) is 0.900. The molecule has 1 aromatic rings. The number of nitrogens with one attached hydrogen (secondary N) is 1. The summed E-state index contributed by atoms with van der Waals surface area (Å²) >= 11 is 3.57. The van der Waals surface area contributed by atoms with E-state index in [0.717, 1.165) is 30.5 Å². The number of halogens is 1. The van der Waals surface area contributed by atoms with Crippen molar-refractivity contribution in [3.05, 3.63) is 28.2 Å². The molecule has 1 unspecified atom stereocenters. The molecule has 1 fully saturated rings. The van der Waals surface area contributed by atoms with Gasteiger partial charge in [0.15, 0.2) is 0 Å². The van der Waals surface area contributed by atoms with E-state index in [4.69, 9.17) is 0 Å². The number of benzene rings is 1. The second-order valence-corrected chi connectivity index (χ2v) is 6.11. The Morgan fingerprint density at radius 1 is 1.47 bits per heavy atom. The van der Waals surface area contributed by atoms with Gasteiger partial charge in [0.05, 0.1) is 0 Å². The van der Waals surface area contributed by atoms with E-state index in [1.165, 1.54) is 11.3 Å². The molecule has 0 aliphatic carbocycles. The van der Waals surface area contributed by atoms with Crippen molar-refractivity contribution >= 4 is 21.6 Å². The molecule has 0 bridgehead atoms. The predicted octanol–water partition coefficient (Wildman–Crippen LogP) is 3.34. The summed E-state index contributed by atoms with van der Waals surface area (Å²) in [6.45, 7) is 9.99. The van der Waals surface area contributed by atoms with Crippen molar-refractivity contribution in [3.8, 4) is 0 Å². The Kier molecular flexibility index (Phi) is 3.79. The zero-order valence-corrected chi connectivity index (χ0v) is 12.5. The zero-order valence-electron chi connectivity index (χ0n) is 10.9. The molecule has 94 valence electrons. The first-order valence-corrected chi connectivity index (χ1v) is 7.09. The van der Waals surface area contributed by atoms with Crippen molar-refractivity contribution < 1.29 is 0 Å². The highest BCUT2D eigenvalue weighted by atomic mass is 79.9. The lowest BCUT2D eigenvalue weighted by molar-refractivity contribution is 0.314. The van der Waals surface area contributed by atoms with Gasteiger partial charge in [0.1, 0.15) is 0 Å². The van der Waals surface area contributed by atoms with Gasteiger partial charge in [-0.1, -0.05) is 28.9 Å². The van der Waals surface area contributed by atoms with Crippen LogP contribution in [-0.2, 0) is 0 Å². The van der Waals surface area contributed by atoms with Crippen LogP contribution < -0.4 is 10.2 Å². The standard InChI is InChI=1S/C14H21BrN2/c1-4-14(3)10-17(8-7-16-14)13-9-12(15)6-5-11(13)2/h5-6,9,16H,4,7-8,10H2,1-3H3. The SMILES string of the molecule is CCC1(C)CN(c2cc(Br)ccc2C)CCN1. The second kappa shape index (κ2) is 4.99. The van der Waals surface area contributed by atoms with Crippen LogP contribution in [0.4, 0.5) is 5.69 Å². The van der Waals surface area contributed by atoms with Crippen molar-refractivity contribution in [2.75, 3.05) is 24.5 Å². The van der Waals surface area contributed by atoms with E-state index in [-0.39, 0.29) is 5.54 Å². The minimum Gasteiger partial charge on any atom is -0.368 e. The summed E-state index contributed by atoms with van der Waals surface area (Å²) in [5.41, 5.74) is 2.96. The van der Waals surface area contributed by atoms with Crippen LogP contribution >= 0.6 is 15.9 Å². The van der Waals surface area contributed by atoms with E-state index in [0.29, 0.717) is 0 Å². The molecule has 2 nitrogen and oxygen atoms in total. The Hall–Kier alpha value is -0.540. The van der Waals surface area contributed by atoms with Crippen LogP contribution in [0.1, 0.15) is 25.8 Å². The zero-order chi connectivity index (χ0) is 12.5. The van der Waals surface area contributed by atoms with E-state index in [1.54, 1.807) is 0 Å². The number of rotatable bonds is 2. The van der Waals surface area contributed by atoms with Gasteiger partial charge in [0, 0.05) is 35.3 Å². The average molecular weight is 297 g/mol. The van der Waals surface area contributed by atoms with Crippen LogP contribution in [-0.4, -0.2) is 25.2 Å². The fourth-order valence-corrected chi connectivity index (χ4v) is 2.76. The number of aryl methyl sites for hydroxylation is 1. The molecule has 1 heterocycles. The molecule has 17 heavy (non-hydrogen) atoms. The monoisotopic (exact) mass is 296 g/mol. The lowest BCUT2D eigenvalue weighted by Crippen LogP contribution is -2.58. The maximum Gasteiger partial charge on any atom is 0.0408 e. The lowest BCUT2D eigenvalue weighted by Gasteiger charge is -2.42. The van der Waals surface area contributed by atoms with Gasteiger partial charge in [-0.05, 0) is 38.0 Å². The first-order chi connectivity index (χ1) is 8.04. The minimum absolute atomic E-state index is 0.243. The van der Waals surface area contributed by atoms with Gasteiger partial charge in [-0.3, -0.25) is 0 Å². The van der Waals surface area contributed by atoms with Crippen molar-refractivity contribution in [1.82, 2.24) is 5.32 Å². The highest BCUT2D eigenvalue weighted by Crippen LogP contribution is 2.27. The van der Waals surface area contributed by atoms with E-state index < -0.39 is 0 Å². The van der Waals surface area contributed by atoms with Crippen molar-refractivity contribution in [2.45, 2.75) is 32.7 Å². The Balaban J connectivity index is 2.24. The molecule has 3 heteroatoms. The first kappa shape index (κ1) is 12.9. The minimum atomic E-state index is 0.243. The van der Waals surface area contributed by atoms with Crippen LogP contribution in [0.15, 0.2) is 22.7 Å². The summed E-state index contributed by atoms with van der Waals surface area (Å²) in [5.74, 6) is 0. The smallest absolute Gasteiger partial charge is 0.0408 e. The summed E-state index contributed by atoms with van der Waals surface area (Å²) in [5, 5.41) is 3.63. The average Bonchev–Trinajstić information content (AvgIpc) is 2.32. The van der Waals surface area contributed by atoms with Crippen molar-refractivity contribution in [3.63, 3.8) is 0 Å². The molecule has 2 rings (SSSR count). The number of piperazine rings is 1. The fraction of sp³-hybridized carbons (Fsp3) is 0.571. The Morgan fingerprint density at radius 2 is 2.24 bits per heavy atom. The normalized spacial score (nSPS) is 25.1. The summed E-state index contributed by atoms with van der Waals surface area (Å²) in [7, 11) is 0. The van der Waals surface area contributed by atoms with E-state index in [9.17, 15) is 0 Å². The fourth-order valence-electron chi connectivity index (χ4n) is 2.41. The first-order valence-electron chi connectivity index (χ1n) is 6.30. The van der Waals surface area contributed by atoms with Gasteiger partial charge >= 0.3 is 0 Å². The number of anilines is 1. The Morgan fingerprint density at radius 3 is 2.94 bits per heavy atom. The number of hydrogen-bond acceptors (Lipinski definition) is 2. The summed E-state index contributed by atoms with van der Waals surface area (Å²) < 4.78 is 1.16. The molecule has 1 aromatic carbocycles. The highest BCUT2D eigenvalue weighted by Gasteiger charge is 2.29. The van der Waals surface area contributed by atoms with Gasteiger partial charge in [0.25, 0.3) is 0 Å². The molecule has 1 atom stereocenters. The molecular weight excluding hydrogens is 276 g/mol. The van der Waals surface area contributed by atoms with E-state index in [1.807, 2.05) is 0 Å². The molecule has 1 aliphatic rings. The molecular formula is C14H21BrN2. The van der Waals surface area contributed by atoms with Gasteiger partial charge in [-0.2, -0.15) is 0 Å². The third-order valence-corrected chi connectivity index (χ3v) is 4.26. The molecule has 0 radical (unpaired) electrons. The number of hydrogen-bond donors (Lipinski definition) is 1. The molecule has 0 saturated carbocycles. The Bertz CT molecular complexity index is 405. The maximum absolute atomic E-state index is 3.63. The topological polar surface area (TPSA) is 15.3 Å². The molecule has 0 amide bonds. The third-order valence-electron chi connectivity index (χ3n) is 3.77. The highest BCUT2D eigenvalue weighted by molar-refractivity contribution is 9.10. The largest absolute Gasteiger partial charge is 0.368 e.